The summed E-state index contributed by atoms with van der Waals surface area (Å²) in [5.41, 5.74) is 1.00. The summed E-state index contributed by atoms with van der Waals surface area (Å²) in [5, 5.41) is 9.39. The highest BCUT2D eigenvalue weighted by Gasteiger charge is 2.26. The molecule has 1 amide bonds. The van der Waals surface area contributed by atoms with Gasteiger partial charge in [-0.25, -0.2) is 4.39 Å². The van der Waals surface area contributed by atoms with Crippen LogP contribution in [0.25, 0.3) is 0 Å². The van der Waals surface area contributed by atoms with Crippen LogP contribution in [0, 0.1) is 5.82 Å². The van der Waals surface area contributed by atoms with Crippen LogP contribution in [-0.4, -0.2) is 57.5 Å². The molecule has 1 saturated heterocycles. The van der Waals surface area contributed by atoms with Gasteiger partial charge in [0.2, 0.25) is 5.91 Å². The number of carbonyl (C=O) groups is 1. The van der Waals surface area contributed by atoms with E-state index in [2.05, 4.69) is 15.1 Å². The fraction of sp³-hybridized carbons (Fsp3) is 0.526. The molecule has 6 nitrogen and oxygen atoms in total. The first-order valence-corrected chi connectivity index (χ1v) is 10.4. The van der Waals surface area contributed by atoms with E-state index < -0.39 is 0 Å². The average molecular weight is 390 g/mol. The first-order valence-electron chi connectivity index (χ1n) is 9.42. The third-order valence-electron chi connectivity index (χ3n) is 5.49. The minimum absolute atomic E-state index is 0.131. The van der Waals surface area contributed by atoms with Gasteiger partial charge in [-0.2, -0.15) is 0 Å². The molecule has 0 N–H and O–H groups in total. The summed E-state index contributed by atoms with van der Waals surface area (Å²) in [6.07, 6.45) is 3.64. The normalized spacial score (nSPS) is 17.9. The molecule has 2 aromatic rings. The largest absolute Gasteiger partial charge is 0.368 e. The van der Waals surface area contributed by atoms with Crippen molar-refractivity contribution in [2.24, 2.45) is 7.05 Å². The number of anilines is 1. The SMILES string of the molecule is Cn1c(SCC(=O)N2CCN(c3ccc(F)cc3)CC2)nnc1C1CCC1. The van der Waals surface area contributed by atoms with E-state index in [4.69, 9.17) is 0 Å². The lowest BCUT2D eigenvalue weighted by Crippen LogP contribution is -2.49. The minimum Gasteiger partial charge on any atom is -0.368 e. The van der Waals surface area contributed by atoms with Crippen molar-refractivity contribution in [3.63, 3.8) is 0 Å². The zero-order valence-electron chi connectivity index (χ0n) is 15.5. The van der Waals surface area contributed by atoms with Gasteiger partial charge in [0.25, 0.3) is 0 Å². The second kappa shape index (κ2) is 7.88. The van der Waals surface area contributed by atoms with Gasteiger partial charge in [-0.05, 0) is 37.1 Å². The number of halogens is 1. The molecule has 2 aliphatic rings. The molecule has 0 atom stereocenters. The third kappa shape index (κ3) is 3.95. The van der Waals surface area contributed by atoms with Crippen LogP contribution >= 0.6 is 11.8 Å². The van der Waals surface area contributed by atoms with Crippen molar-refractivity contribution < 1.29 is 9.18 Å². The van der Waals surface area contributed by atoms with E-state index in [9.17, 15) is 9.18 Å². The molecule has 2 heterocycles. The van der Waals surface area contributed by atoms with Crippen molar-refractivity contribution in [2.75, 3.05) is 36.8 Å². The molecular weight excluding hydrogens is 365 g/mol. The molecule has 27 heavy (non-hydrogen) atoms. The van der Waals surface area contributed by atoms with Gasteiger partial charge in [-0.3, -0.25) is 4.79 Å². The number of benzene rings is 1. The lowest BCUT2D eigenvalue weighted by molar-refractivity contribution is -0.128. The van der Waals surface area contributed by atoms with E-state index >= 15 is 0 Å². The number of amides is 1. The average Bonchev–Trinajstić information content (AvgIpc) is 3.00. The summed E-state index contributed by atoms with van der Waals surface area (Å²) in [6.45, 7) is 2.89. The van der Waals surface area contributed by atoms with Crippen LogP contribution in [0.4, 0.5) is 10.1 Å². The van der Waals surface area contributed by atoms with E-state index in [1.165, 1.54) is 43.2 Å². The second-order valence-electron chi connectivity index (χ2n) is 7.16. The van der Waals surface area contributed by atoms with E-state index in [-0.39, 0.29) is 11.7 Å². The number of thioether (sulfide) groups is 1. The predicted molar refractivity (Wildman–Crippen MR) is 104 cm³/mol. The zero-order valence-corrected chi connectivity index (χ0v) is 16.3. The van der Waals surface area contributed by atoms with E-state index in [1.54, 1.807) is 12.1 Å². The lowest BCUT2D eigenvalue weighted by atomic mass is 9.85. The summed E-state index contributed by atoms with van der Waals surface area (Å²) in [5.74, 6) is 1.87. The number of aromatic nitrogens is 3. The van der Waals surface area contributed by atoms with Gasteiger partial charge in [0, 0.05) is 44.8 Å². The molecule has 4 rings (SSSR count). The number of carbonyl (C=O) groups excluding carboxylic acids is 1. The Hall–Kier alpha value is -2.09. The van der Waals surface area contributed by atoms with Crippen molar-refractivity contribution in [2.45, 2.75) is 30.3 Å². The Morgan fingerprint density at radius 2 is 1.85 bits per heavy atom. The maximum absolute atomic E-state index is 13.1. The van der Waals surface area contributed by atoms with Crippen molar-refractivity contribution in [1.82, 2.24) is 19.7 Å². The second-order valence-corrected chi connectivity index (χ2v) is 8.10. The quantitative estimate of drug-likeness (QED) is 0.736. The highest BCUT2D eigenvalue weighted by Crippen LogP contribution is 2.36. The van der Waals surface area contributed by atoms with Crippen molar-refractivity contribution >= 4 is 23.4 Å². The first-order chi connectivity index (χ1) is 13.1. The highest BCUT2D eigenvalue weighted by atomic mass is 32.2. The summed E-state index contributed by atoms with van der Waals surface area (Å²) >= 11 is 1.46. The van der Waals surface area contributed by atoms with Crippen LogP contribution in [0.3, 0.4) is 0 Å². The Morgan fingerprint density at radius 1 is 1.15 bits per heavy atom. The monoisotopic (exact) mass is 389 g/mol. The van der Waals surface area contributed by atoms with E-state index in [0.29, 0.717) is 24.8 Å². The molecule has 0 radical (unpaired) electrons. The molecule has 2 fully saturated rings. The van der Waals surface area contributed by atoms with Gasteiger partial charge in [-0.1, -0.05) is 18.2 Å². The highest BCUT2D eigenvalue weighted by molar-refractivity contribution is 7.99. The van der Waals surface area contributed by atoms with Crippen LogP contribution in [0.1, 0.15) is 31.0 Å². The number of piperazine rings is 1. The van der Waals surface area contributed by atoms with Crippen molar-refractivity contribution in [3.8, 4) is 0 Å². The summed E-state index contributed by atoms with van der Waals surface area (Å²) in [4.78, 5) is 16.6. The molecule has 0 bridgehead atoms. The van der Waals surface area contributed by atoms with Gasteiger partial charge in [0.1, 0.15) is 11.6 Å². The van der Waals surface area contributed by atoms with Gasteiger partial charge < -0.3 is 14.4 Å². The third-order valence-corrected chi connectivity index (χ3v) is 6.49. The van der Waals surface area contributed by atoms with Crippen molar-refractivity contribution in [3.05, 3.63) is 35.9 Å². The number of rotatable bonds is 5. The number of nitrogens with zero attached hydrogens (tertiary/aromatic N) is 5. The smallest absolute Gasteiger partial charge is 0.233 e. The minimum atomic E-state index is -0.228. The zero-order chi connectivity index (χ0) is 18.8. The Kier molecular flexibility index (Phi) is 5.33. The molecule has 144 valence electrons. The summed E-state index contributed by atoms with van der Waals surface area (Å²) in [7, 11) is 1.99. The fourth-order valence-electron chi connectivity index (χ4n) is 3.56. The first kappa shape index (κ1) is 18.3. The Bertz CT molecular complexity index is 797. The van der Waals surface area contributed by atoms with Gasteiger partial charge >= 0.3 is 0 Å². The van der Waals surface area contributed by atoms with Crippen LogP contribution in [-0.2, 0) is 11.8 Å². The molecule has 0 unspecified atom stereocenters. The molecular formula is C19H24FN5OS. The molecule has 1 aliphatic heterocycles. The standard InChI is InChI=1S/C19H24FN5OS/c1-23-18(14-3-2-4-14)21-22-19(23)27-13-17(26)25-11-9-24(10-12-25)16-7-5-15(20)6-8-16/h5-8,14H,2-4,9-13H2,1H3. The summed E-state index contributed by atoms with van der Waals surface area (Å²) in [6, 6.07) is 6.53. The number of hydrogen-bond donors (Lipinski definition) is 0. The lowest BCUT2D eigenvalue weighted by Gasteiger charge is -2.36. The van der Waals surface area contributed by atoms with Gasteiger partial charge in [0.05, 0.1) is 5.75 Å². The van der Waals surface area contributed by atoms with E-state index in [0.717, 1.165) is 29.8 Å². The van der Waals surface area contributed by atoms with Crippen LogP contribution in [0.5, 0.6) is 0 Å². The maximum atomic E-state index is 13.1. The Balaban J connectivity index is 1.27. The maximum Gasteiger partial charge on any atom is 0.233 e. The Morgan fingerprint density at radius 3 is 2.48 bits per heavy atom. The van der Waals surface area contributed by atoms with Crippen molar-refractivity contribution in [1.29, 1.82) is 0 Å². The predicted octanol–water partition coefficient (Wildman–Crippen LogP) is 2.66. The molecule has 8 heteroatoms. The topological polar surface area (TPSA) is 54.3 Å². The van der Waals surface area contributed by atoms with Gasteiger partial charge in [-0.15, -0.1) is 10.2 Å². The van der Waals surface area contributed by atoms with Crippen LogP contribution in [0.2, 0.25) is 0 Å². The molecule has 1 aromatic carbocycles. The van der Waals surface area contributed by atoms with Crippen LogP contribution < -0.4 is 4.90 Å². The number of hydrogen-bond acceptors (Lipinski definition) is 5. The molecule has 1 aromatic heterocycles. The van der Waals surface area contributed by atoms with Crippen LogP contribution in [0.15, 0.2) is 29.4 Å². The molecule has 0 spiro atoms. The van der Waals surface area contributed by atoms with E-state index in [1.807, 2.05) is 16.5 Å². The van der Waals surface area contributed by atoms with Gasteiger partial charge in [0.15, 0.2) is 5.16 Å². The fourth-order valence-corrected chi connectivity index (χ4v) is 4.38. The molecule has 1 aliphatic carbocycles. The Labute approximate surface area is 162 Å². The summed E-state index contributed by atoms with van der Waals surface area (Å²) < 4.78 is 15.1. The molecule has 1 saturated carbocycles.